The summed E-state index contributed by atoms with van der Waals surface area (Å²) in [5, 5.41) is 7.93. The molecule has 1 unspecified atom stereocenters. The summed E-state index contributed by atoms with van der Waals surface area (Å²) in [6, 6.07) is 3.78. The molecular weight excluding hydrogens is 304 g/mol. The van der Waals surface area contributed by atoms with Crippen molar-refractivity contribution in [1.82, 2.24) is 5.32 Å². The van der Waals surface area contributed by atoms with Crippen LogP contribution in [0.15, 0.2) is 23.1 Å². The third-order valence-electron chi connectivity index (χ3n) is 3.09. The van der Waals surface area contributed by atoms with Gasteiger partial charge < -0.3 is 10.1 Å². The Morgan fingerprint density at radius 3 is 2.85 bits per heavy atom. The number of benzene rings is 1. The van der Waals surface area contributed by atoms with Gasteiger partial charge in [-0.15, -0.1) is 0 Å². The topological polar surface area (TPSA) is 98.5 Å². The van der Waals surface area contributed by atoms with Crippen LogP contribution in [0.5, 0.6) is 0 Å². The summed E-state index contributed by atoms with van der Waals surface area (Å²) in [6.45, 7) is 1.78. The summed E-state index contributed by atoms with van der Waals surface area (Å²) in [5.74, 6) is -0.147. The van der Waals surface area contributed by atoms with Crippen LogP contribution in [-0.4, -0.2) is 34.1 Å². The second-order valence-corrected chi connectivity index (χ2v) is 6.59. The number of ether oxygens (including phenoxy) is 1. The monoisotopic (exact) mass is 318 g/mol. The minimum atomic E-state index is -3.86. The van der Waals surface area contributed by atoms with Gasteiger partial charge in [-0.25, -0.2) is 13.6 Å². The molecular formula is C12H15ClN2O4S. The predicted molar refractivity (Wildman–Crippen MR) is 74.1 cm³/mol. The number of hydrogen-bond acceptors (Lipinski definition) is 4. The van der Waals surface area contributed by atoms with E-state index in [1.165, 1.54) is 18.2 Å². The molecule has 0 bridgehead atoms. The number of nitrogens with two attached hydrogens (primary N) is 1. The van der Waals surface area contributed by atoms with Crippen molar-refractivity contribution in [3.63, 3.8) is 0 Å². The van der Waals surface area contributed by atoms with Crippen LogP contribution in [0, 0.1) is 5.92 Å². The van der Waals surface area contributed by atoms with Gasteiger partial charge in [0.25, 0.3) is 5.91 Å². The molecule has 1 fully saturated rings. The van der Waals surface area contributed by atoms with Gasteiger partial charge in [0.1, 0.15) is 0 Å². The van der Waals surface area contributed by atoms with E-state index in [-0.39, 0.29) is 21.4 Å². The molecule has 3 N–H and O–H groups in total. The Morgan fingerprint density at radius 1 is 1.50 bits per heavy atom. The van der Waals surface area contributed by atoms with Crippen LogP contribution in [-0.2, 0) is 14.8 Å². The van der Waals surface area contributed by atoms with Gasteiger partial charge in [-0.2, -0.15) is 0 Å². The van der Waals surface area contributed by atoms with Crippen LogP contribution < -0.4 is 10.5 Å². The minimum Gasteiger partial charge on any atom is -0.381 e. The lowest BCUT2D eigenvalue weighted by Gasteiger charge is -2.11. The number of halogens is 1. The molecule has 2 rings (SSSR count). The lowest BCUT2D eigenvalue weighted by molar-refractivity contribution is 0.0945. The third kappa shape index (κ3) is 3.69. The Bertz CT molecular complexity index is 612. The van der Waals surface area contributed by atoms with Crippen LogP contribution in [0.1, 0.15) is 16.8 Å². The number of amides is 1. The van der Waals surface area contributed by atoms with Crippen molar-refractivity contribution in [2.45, 2.75) is 11.3 Å². The van der Waals surface area contributed by atoms with E-state index in [1.54, 1.807) is 0 Å². The van der Waals surface area contributed by atoms with Crippen molar-refractivity contribution in [3.05, 3.63) is 28.8 Å². The number of hydrogen-bond donors (Lipinski definition) is 2. The molecule has 0 radical (unpaired) electrons. The molecule has 8 heteroatoms. The second kappa shape index (κ2) is 6.09. The first kappa shape index (κ1) is 15.2. The van der Waals surface area contributed by atoms with Gasteiger partial charge in [0.2, 0.25) is 10.0 Å². The van der Waals surface area contributed by atoms with E-state index < -0.39 is 15.9 Å². The molecule has 0 aliphatic carbocycles. The maximum Gasteiger partial charge on any atom is 0.252 e. The maximum absolute atomic E-state index is 12.0. The molecule has 1 aliphatic rings. The molecule has 1 heterocycles. The standard InChI is InChI=1S/C12H15ClN2O4S/c13-11-2-1-9(20(14,17)18)5-10(11)12(16)15-6-8-3-4-19-7-8/h1-2,5,8H,3-4,6-7H2,(H,15,16)(H2,14,17,18). The van der Waals surface area contributed by atoms with Gasteiger partial charge in [0.15, 0.2) is 0 Å². The van der Waals surface area contributed by atoms with Gasteiger partial charge in [0, 0.05) is 19.1 Å². The first-order valence-corrected chi connectivity index (χ1v) is 7.98. The Labute approximate surface area is 122 Å². The molecule has 1 aliphatic heterocycles. The molecule has 0 aromatic heterocycles. The van der Waals surface area contributed by atoms with Crippen LogP contribution in [0.3, 0.4) is 0 Å². The highest BCUT2D eigenvalue weighted by Crippen LogP contribution is 2.20. The highest BCUT2D eigenvalue weighted by Gasteiger charge is 2.19. The summed E-state index contributed by atoms with van der Waals surface area (Å²) >= 11 is 5.92. The molecule has 110 valence electrons. The van der Waals surface area contributed by atoms with Crippen molar-refractivity contribution in [2.75, 3.05) is 19.8 Å². The lowest BCUT2D eigenvalue weighted by Crippen LogP contribution is -2.30. The summed E-state index contributed by atoms with van der Waals surface area (Å²) in [5.41, 5.74) is 0.0945. The molecule has 1 amide bonds. The van der Waals surface area contributed by atoms with E-state index >= 15 is 0 Å². The van der Waals surface area contributed by atoms with Crippen LogP contribution in [0.25, 0.3) is 0 Å². The van der Waals surface area contributed by atoms with E-state index in [9.17, 15) is 13.2 Å². The minimum absolute atomic E-state index is 0.0945. The van der Waals surface area contributed by atoms with Crippen molar-refractivity contribution >= 4 is 27.5 Å². The van der Waals surface area contributed by atoms with Crippen LogP contribution in [0.2, 0.25) is 5.02 Å². The van der Waals surface area contributed by atoms with Gasteiger partial charge >= 0.3 is 0 Å². The molecule has 1 aromatic carbocycles. The molecule has 20 heavy (non-hydrogen) atoms. The second-order valence-electron chi connectivity index (χ2n) is 4.63. The maximum atomic E-state index is 12.0. The van der Waals surface area contributed by atoms with Crippen molar-refractivity contribution in [2.24, 2.45) is 11.1 Å². The average molecular weight is 319 g/mol. The normalized spacial score (nSPS) is 19.0. The zero-order valence-electron chi connectivity index (χ0n) is 10.6. The molecule has 0 saturated carbocycles. The van der Waals surface area contributed by atoms with Crippen molar-refractivity contribution in [1.29, 1.82) is 0 Å². The van der Waals surface area contributed by atoms with Gasteiger partial charge in [-0.05, 0) is 24.6 Å². The summed E-state index contributed by atoms with van der Waals surface area (Å²) in [7, 11) is -3.86. The van der Waals surface area contributed by atoms with Crippen molar-refractivity contribution < 1.29 is 17.9 Å². The number of carbonyl (C=O) groups is 1. The van der Waals surface area contributed by atoms with E-state index in [0.717, 1.165) is 6.42 Å². The number of primary sulfonamides is 1. The Kier molecular flexibility index (Phi) is 4.64. The highest BCUT2D eigenvalue weighted by molar-refractivity contribution is 7.89. The smallest absolute Gasteiger partial charge is 0.252 e. The SMILES string of the molecule is NS(=O)(=O)c1ccc(Cl)c(C(=O)NCC2CCOC2)c1. The van der Waals surface area contributed by atoms with E-state index in [2.05, 4.69) is 5.32 Å². The highest BCUT2D eigenvalue weighted by atomic mass is 35.5. The van der Waals surface area contributed by atoms with E-state index in [1.807, 2.05) is 0 Å². The summed E-state index contributed by atoms with van der Waals surface area (Å²) in [6.07, 6.45) is 0.894. The molecule has 0 spiro atoms. The zero-order chi connectivity index (χ0) is 14.8. The zero-order valence-corrected chi connectivity index (χ0v) is 12.2. The fourth-order valence-corrected chi connectivity index (χ4v) is 2.68. The average Bonchev–Trinajstić information content (AvgIpc) is 2.88. The number of sulfonamides is 1. The quantitative estimate of drug-likeness (QED) is 0.856. The summed E-state index contributed by atoms with van der Waals surface area (Å²) < 4.78 is 27.8. The van der Waals surface area contributed by atoms with Crippen molar-refractivity contribution in [3.8, 4) is 0 Å². The number of carbonyl (C=O) groups excluding carboxylic acids is 1. The van der Waals surface area contributed by atoms with Crippen LogP contribution >= 0.6 is 11.6 Å². The first-order chi connectivity index (χ1) is 9.38. The Morgan fingerprint density at radius 2 is 2.25 bits per heavy atom. The fraction of sp³-hybridized carbons (Fsp3) is 0.417. The van der Waals surface area contributed by atoms with Gasteiger partial charge in [-0.3, -0.25) is 4.79 Å². The predicted octanol–water partition coefficient (Wildman–Crippen LogP) is 0.754. The van der Waals surface area contributed by atoms with Crippen LogP contribution in [0.4, 0.5) is 0 Å². The third-order valence-corrected chi connectivity index (χ3v) is 4.33. The van der Waals surface area contributed by atoms with Gasteiger partial charge in [0.05, 0.1) is 22.1 Å². The Balaban J connectivity index is 2.12. The number of nitrogens with one attached hydrogen (secondary N) is 1. The molecule has 6 nitrogen and oxygen atoms in total. The largest absolute Gasteiger partial charge is 0.381 e. The molecule has 1 aromatic rings. The Hall–Kier alpha value is -1.15. The number of rotatable bonds is 4. The van der Waals surface area contributed by atoms with Gasteiger partial charge in [-0.1, -0.05) is 11.6 Å². The lowest BCUT2D eigenvalue weighted by atomic mass is 10.1. The van der Waals surface area contributed by atoms with E-state index in [4.69, 9.17) is 21.5 Å². The van der Waals surface area contributed by atoms with E-state index in [0.29, 0.717) is 19.8 Å². The first-order valence-electron chi connectivity index (χ1n) is 6.06. The summed E-state index contributed by atoms with van der Waals surface area (Å²) in [4.78, 5) is 11.9. The molecule has 1 atom stereocenters. The fourth-order valence-electron chi connectivity index (χ4n) is 1.93. The molecule has 1 saturated heterocycles.